The van der Waals surface area contributed by atoms with Gasteiger partial charge >= 0.3 is 0 Å². The number of hydrogen-bond donors (Lipinski definition) is 2. The number of benzene rings is 2. The van der Waals surface area contributed by atoms with E-state index in [1.165, 1.54) is 11.8 Å². The highest BCUT2D eigenvalue weighted by molar-refractivity contribution is 7.74. The van der Waals surface area contributed by atoms with E-state index >= 15 is 0 Å². The molecule has 170 valence electrons. The third kappa shape index (κ3) is 5.95. The fourth-order valence-corrected chi connectivity index (χ4v) is 3.88. The minimum atomic E-state index is -0.328. The highest BCUT2D eigenvalue weighted by atomic mass is 35.5. The molecular formula is C22H23Cl2N2O5S+. The number of methoxy groups -OCH3 is 1. The van der Waals surface area contributed by atoms with Gasteiger partial charge in [-0.2, -0.15) is 4.28 Å². The number of ketones is 1. The van der Waals surface area contributed by atoms with Gasteiger partial charge in [-0.15, -0.1) is 0 Å². The summed E-state index contributed by atoms with van der Waals surface area (Å²) in [5.74, 6) is 0.455. The van der Waals surface area contributed by atoms with E-state index in [0.717, 1.165) is 17.0 Å². The Morgan fingerprint density at radius 1 is 1.25 bits per heavy atom. The maximum atomic E-state index is 12.5. The molecule has 0 spiro atoms. The Kier molecular flexibility index (Phi) is 8.81. The molecule has 32 heavy (non-hydrogen) atoms. The SMILES string of the molecule is COCC(=O)c1c([N+](=CCCCOc2ccc3c(c2)CCC(=O)N3)OS)ccc(Cl)c1Cl. The fourth-order valence-electron chi connectivity index (χ4n) is 3.30. The molecule has 0 radical (unpaired) electrons. The van der Waals surface area contributed by atoms with Crippen LogP contribution in [-0.4, -0.2) is 43.0 Å². The topological polar surface area (TPSA) is 76.9 Å². The van der Waals surface area contributed by atoms with Crippen molar-refractivity contribution in [2.45, 2.75) is 25.7 Å². The van der Waals surface area contributed by atoms with Gasteiger partial charge in [0.1, 0.15) is 30.8 Å². The van der Waals surface area contributed by atoms with Crippen molar-refractivity contribution >= 4 is 65.4 Å². The summed E-state index contributed by atoms with van der Waals surface area (Å²) in [5, 5.41) is 3.23. The lowest BCUT2D eigenvalue weighted by atomic mass is 10.0. The van der Waals surface area contributed by atoms with Gasteiger partial charge in [-0.3, -0.25) is 9.59 Å². The van der Waals surface area contributed by atoms with Gasteiger partial charge in [0.25, 0.3) is 5.69 Å². The van der Waals surface area contributed by atoms with Crippen LogP contribution in [0, 0.1) is 0 Å². The van der Waals surface area contributed by atoms with Gasteiger partial charge in [-0.05, 0) is 42.7 Å². The molecule has 2 aromatic rings. The Bertz CT molecular complexity index is 1050. The van der Waals surface area contributed by atoms with Gasteiger partial charge < -0.3 is 14.8 Å². The summed E-state index contributed by atoms with van der Waals surface area (Å²) in [7, 11) is 1.42. The van der Waals surface area contributed by atoms with Crippen LogP contribution < -0.4 is 10.1 Å². The first-order valence-corrected chi connectivity index (χ1v) is 11.1. The zero-order valence-corrected chi connectivity index (χ0v) is 19.8. The third-order valence-corrected chi connectivity index (χ3v) is 5.82. The largest absolute Gasteiger partial charge is 0.494 e. The van der Waals surface area contributed by atoms with Crippen LogP contribution >= 0.6 is 36.1 Å². The Morgan fingerprint density at radius 2 is 2.06 bits per heavy atom. The number of unbranched alkanes of at least 4 members (excludes halogenated alkanes) is 1. The van der Waals surface area contributed by atoms with E-state index in [1.807, 2.05) is 18.2 Å². The van der Waals surface area contributed by atoms with Gasteiger partial charge in [0, 0.05) is 36.4 Å². The summed E-state index contributed by atoms with van der Waals surface area (Å²) in [6, 6.07) is 8.85. The van der Waals surface area contributed by atoms with Crippen molar-refractivity contribution in [2.24, 2.45) is 0 Å². The molecule has 2 aromatic carbocycles. The molecule has 0 aliphatic carbocycles. The average Bonchev–Trinajstić information content (AvgIpc) is 2.78. The monoisotopic (exact) mass is 497 g/mol. The van der Waals surface area contributed by atoms with Gasteiger partial charge in [-0.1, -0.05) is 23.2 Å². The Labute approximate surface area is 201 Å². The number of nitrogens with zero attached hydrogens (tertiary/aromatic N) is 1. The molecule has 0 saturated heterocycles. The Morgan fingerprint density at radius 3 is 2.81 bits per heavy atom. The van der Waals surface area contributed by atoms with Crippen molar-refractivity contribution < 1.29 is 28.1 Å². The number of halogens is 2. The lowest BCUT2D eigenvalue weighted by Gasteiger charge is -2.17. The van der Waals surface area contributed by atoms with Crippen molar-refractivity contribution in [1.29, 1.82) is 0 Å². The first-order chi connectivity index (χ1) is 15.4. The van der Waals surface area contributed by atoms with E-state index in [4.69, 9.17) is 37.0 Å². The van der Waals surface area contributed by atoms with Crippen molar-refractivity contribution in [3.8, 4) is 5.75 Å². The molecule has 7 nitrogen and oxygen atoms in total. The number of thiol groups is 1. The molecule has 1 N–H and O–H groups in total. The molecule has 0 fully saturated rings. The molecule has 0 bridgehead atoms. The molecule has 10 heteroatoms. The van der Waals surface area contributed by atoms with Crippen LogP contribution in [0.5, 0.6) is 5.75 Å². The lowest BCUT2D eigenvalue weighted by molar-refractivity contribution is -0.672. The Balaban J connectivity index is 1.63. The predicted octanol–water partition coefficient (Wildman–Crippen LogP) is 5.06. The second-order valence-electron chi connectivity index (χ2n) is 7.06. The molecule has 0 unspecified atom stereocenters. The van der Waals surface area contributed by atoms with Gasteiger partial charge in [0.05, 0.1) is 16.7 Å². The van der Waals surface area contributed by atoms with E-state index in [2.05, 4.69) is 18.2 Å². The molecule has 1 aliphatic heterocycles. The smallest absolute Gasteiger partial charge is 0.271 e. The first kappa shape index (κ1) is 24.4. The number of ether oxygens (including phenoxy) is 2. The van der Waals surface area contributed by atoms with E-state index in [0.29, 0.717) is 38.0 Å². The van der Waals surface area contributed by atoms with Crippen LogP contribution in [0.25, 0.3) is 0 Å². The molecule has 1 aliphatic rings. The highest BCUT2D eigenvalue weighted by Crippen LogP contribution is 2.34. The number of amides is 1. The predicted molar refractivity (Wildman–Crippen MR) is 127 cm³/mol. The van der Waals surface area contributed by atoms with Gasteiger partial charge in [0.2, 0.25) is 12.1 Å². The van der Waals surface area contributed by atoms with Crippen LogP contribution in [0.3, 0.4) is 0 Å². The number of fused-ring (bicyclic) bond motifs is 1. The van der Waals surface area contributed by atoms with Crippen LogP contribution in [0.2, 0.25) is 10.0 Å². The standard InChI is InChI=1S/C22H22Cl2N2O5S/c1-29-13-19(27)21-18(8-6-16(23)22(21)24)26(31-32)10-2-3-11-30-15-5-7-17-14(12-15)4-9-20(28)25-17/h5-8,10,12H,2-4,9,11,13H2,1H3,(H-,25,28,32)/p+1. The lowest BCUT2D eigenvalue weighted by Crippen LogP contribution is -2.18. The first-order valence-electron chi connectivity index (χ1n) is 9.94. The van der Waals surface area contributed by atoms with Crippen molar-refractivity contribution in [3.63, 3.8) is 0 Å². The second kappa shape index (κ2) is 11.6. The van der Waals surface area contributed by atoms with Gasteiger partial charge in [-0.25, -0.2) is 0 Å². The van der Waals surface area contributed by atoms with E-state index < -0.39 is 0 Å². The number of anilines is 1. The summed E-state index contributed by atoms with van der Waals surface area (Å²) in [5.41, 5.74) is 2.51. The van der Waals surface area contributed by atoms with Crippen LogP contribution in [0.15, 0.2) is 30.3 Å². The quantitative estimate of drug-likeness (QED) is 0.0912. The molecule has 3 rings (SSSR count). The minimum absolute atomic E-state index is 0.0340. The third-order valence-electron chi connectivity index (χ3n) is 4.84. The van der Waals surface area contributed by atoms with Crippen LogP contribution in [0.1, 0.15) is 35.2 Å². The number of carbonyl (C=O) groups excluding carboxylic acids is 2. The maximum Gasteiger partial charge on any atom is 0.271 e. The maximum absolute atomic E-state index is 12.5. The normalized spacial score (nSPS) is 13.4. The summed E-state index contributed by atoms with van der Waals surface area (Å²) in [6.07, 6.45) is 4.19. The Hall–Kier alpha value is -2.26. The zero-order valence-electron chi connectivity index (χ0n) is 17.4. The number of hydrogen-bond acceptors (Lipinski definition) is 6. The van der Waals surface area contributed by atoms with E-state index in [9.17, 15) is 9.59 Å². The van der Waals surface area contributed by atoms with E-state index in [1.54, 1.807) is 18.3 Å². The number of Topliss-reactive ketones (excluding diaryl/α,β-unsaturated/α-hetero) is 1. The number of carbonyl (C=O) groups is 2. The summed E-state index contributed by atoms with van der Waals surface area (Å²) < 4.78 is 17.3. The van der Waals surface area contributed by atoms with E-state index in [-0.39, 0.29) is 33.9 Å². The second-order valence-corrected chi connectivity index (χ2v) is 8.01. The molecule has 1 amide bonds. The van der Waals surface area contributed by atoms with Crippen molar-refractivity contribution in [1.82, 2.24) is 0 Å². The summed E-state index contributed by atoms with van der Waals surface area (Å²) in [4.78, 5) is 23.9. The highest BCUT2D eigenvalue weighted by Gasteiger charge is 2.27. The molecule has 0 atom stereocenters. The van der Waals surface area contributed by atoms with Crippen LogP contribution in [0.4, 0.5) is 11.4 Å². The molecule has 1 heterocycles. The number of nitrogens with one attached hydrogen (secondary N) is 1. The van der Waals surface area contributed by atoms with Crippen molar-refractivity contribution in [3.05, 3.63) is 51.5 Å². The van der Waals surface area contributed by atoms with Crippen molar-refractivity contribution in [2.75, 3.05) is 25.6 Å². The molecule has 0 saturated carbocycles. The minimum Gasteiger partial charge on any atom is -0.494 e. The molecule has 0 aromatic heterocycles. The number of rotatable bonds is 10. The number of aryl methyl sites for hydroxylation is 1. The fraction of sp³-hybridized carbons (Fsp3) is 0.318. The van der Waals surface area contributed by atoms with Crippen LogP contribution in [-0.2, 0) is 20.2 Å². The molecular weight excluding hydrogens is 475 g/mol. The summed E-state index contributed by atoms with van der Waals surface area (Å²) >= 11 is 16.3. The zero-order chi connectivity index (χ0) is 23.1. The average molecular weight is 498 g/mol. The summed E-state index contributed by atoms with van der Waals surface area (Å²) in [6.45, 7) is 0.324. The van der Waals surface area contributed by atoms with Gasteiger partial charge in [0.15, 0.2) is 5.78 Å².